The molecule has 1 atom stereocenters. The quantitative estimate of drug-likeness (QED) is 0.855. The Bertz CT molecular complexity index is 529. The van der Waals surface area contributed by atoms with Crippen LogP contribution in [-0.4, -0.2) is 11.0 Å². The second-order valence-corrected chi connectivity index (χ2v) is 5.40. The number of nitrogens with zero attached hydrogens (tertiary/aromatic N) is 1. The standard InChI is InChI=1S/C15H16Cl2N2/c1-11(7-8-12-5-3-2-4-6-12)19-15-14(17)9-13(16)10-18-15/h2-6,9-11H,7-8H2,1H3,(H,18,19). The predicted molar refractivity (Wildman–Crippen MR) is 82.1 cm³/mol. The number of pyridine rings is 1. The Morgan fingerprint density at radius 1 is 1.21 bits per heavy atom. The molecule has 2 rings (SSSR count). The van der Waals surface area contributed by atoms with Gasteiger partial charge in [0.2, 0.25) is 0 Å². The zero-order valence-electron chi connectivity index (χ0n) is 10.7. The number of anilines is 1. The fraction of sp³-hybridized carbons (Fsp3) is 0.267. The Morgan fingerprint density at radius 3 is 2.63 bits per heavy atom. The topological polar surface area (TPSA) is 24.9 Å². The molecule has 1 N–H and O–H groups in total. The Balaban J connectivity index is 1.89. The number of hydrogen-bond acceptors (Lipinski definition) is 2. The van der Waals surface area contributed by atoms with Gasteiger partial charge in [-0.1, -0.05) is 53.5 Å². The van der Waals surface area contributed by atoms with E-state index in [2.05, 4.69) is 41.5 Å². The molecule has 0 aliphatic rings. The molecule has 1 heterocycles. The van der Waals surface area contributed by atoms with Gasteiger partial charge in [-0.2, -0.15) is 0 Å². The lowest BCUT2D eigenvalue weighted by Gasteiger charge is -2.15. The van der Waals surface area contributed by atoms with Crippen molar-refractivity contribution in [2.45, 2.75) is 25.8 Å². The van der Waals surface area contributed by atoms with Gasteiger partial charge >= 0.3 is 0 Å². The average molecular weight is 295 g/mol. The number of benzene rings is 1. The summed E-state index contributed by atoms with van der Waals surface area (Å²) in [5.74, 6) is 0.687. The maximum atomic E-state index is 6.08. The van der Waals surface area contributed by atoms with Crippen LogP contribution in [0.1, 0.15) is 18.9 Å². The molecule has 100 valence electrons. The second-order valence-electron chi connectivity index (χ2n) is 4.55. The van der Waals surface area contributed by atoms with E-state index in [9.17, 15) is 0 Å². The Labute approximate surface area is 123 Å². The van der Waals surface area contributed by atoms with Crippen LogP contribution in [0.4, 0.5) is 5.82 Å². The molecule has 0 aliphatic heterocycles. The summed E-state index contributed by atoms with van der Waals surface area (Å²) in [6, 6.07) is 12.4. The fourth-order valence-electron chi connectivity index (χ4n) is 1.85. The highest BCUT2D eigenvalue weighted by Crippen LogP contribution is 2.23. The molecule has 0 fully saturated rings. The molecule has 2 aromatic rings. The lowest BCUT2D eigenvalue weighted by molar-refractivity contribution is 0.703. The van der Waals surface area contributed by atoms with Crippen molar-refractivity contribution in [1.29, 1.82) is 0 Å². The molecule has 1 aromatic heterocycles. The van der Waals surface area contributed by atoms with E-state index in [1.165, 1.54) is 5.56 Å². The van der Waals surface area contributed by atoms with Crippen LogP contribution in [0, 0.1) is 0 Å². The minimum absolute atomic E-state index is 0.298. The van der Waals surface area contributed by atoms with E-state index in [-0.39, 0.29) is 0 Å². The lowest BCUT2D eigenvalue weighted by atomic mass is 10.1. The van der Waals surface area contributed by atoms with Crippen molar-refractivity contribution in [2.24, 2.45) is 0 Å². The molecule has 4 heteroatoms. The lowest BCUT2D eigenvalue weighted by Crippen LogP contribution is -2.17. The van der Waals surface area contributed by atoms with Crippen LogP contribution in [0.3, 0.4) is 0 Å². The highest BCUT2D eigenvalue weighted by atomic mass is 35.5. The van der Waals surface area contributed by atoms with E-state index in [1.54, 1.807) is 12.3 Å². The molecular weight excluding hydrogens is 279 g/mol. The summed E-state index contributed by atoms with van der Waals surface area (Å²) in [6.45, 7) is 2.12. The van der Waals surface area contributed by atoms with Gasteiger partial charge in [-0.15, -0.1) is 0 Å². The summed E-state index contributed by atoms with van der Waals surface area (Å²) < 4.78 is 0. The van der Waals surface area contributed by atoms with Gasteiger partial charge in [-0.05, 0) is 31.4 Å². The molecule has 1 unspecified atom stereocenters. The van der Waals surface area contributed by atoms with Crippen molar-refractivity contribution in [1.82, 2.24) is 4.98 Å². The predicted octanol–water partition coefficient (Wildman–Crippen LogP) is 4.82. The monoisotopic (exact) mass is 294 g/mol. The molecule has 0 spiro atoms. The molecule has 19 heavy (non-hydrogen) atoms. The van der Waals surface area contributed by atoms with Gasteiger partial charge in [0, 0.05) is 12.2 Å². The summed E-state index contributed by atoms with van der Waals surface area (Å²) >= 11 is 11.9. The van der Waals surface area contributed by atoms with Gasteiger partial charge in [-0.3, -0.25) is 0 Å². The number of nitrogens with one attached hydrogen (secondary N) is 1. The molecule has 0 bridgehead atoms. The first-order valence-electron chi connectivity index (χ1n) is 6.26. The van der Waals surface area contributed by atoms with E-state index in [1.807, 2.05) is 6.07 Å². The van der Waals surface area contributed by atoms with E-state index >= 15 is 0 Å². The summed E-state index contributed by atoms with van der Waals surface area (Å²) in [6.07, 6.45) is 3.64. The normalized spacial score (nSPS) is 12.2. The summed E-state index contributed by atoms with van der Waals surface area (Å²) in [5, 5.41) is 4.41. The van der Waals surface area contributed by atoms with Gasteiger partial charge in [-0.25, -0.2) is 4.98 Å². The van der Waals surface area contributed by atoms with Crippen LogP contribution < -0.4 is 5.32 Å². The van der Waals surface area contributed by atoms with Gasteiger partial charge in [0.25, 0.3) is 0 Å². The van der Waals surface area contributed by atoms with Crippen molar-refractivity contribution < 1.29 is 0 Å². The summed E-state index contributed by atoms with van der Waals surface area (Å²) in [5.41, 5.74) is 1.34. The van der Waals surface area contributed by atoms with Crippen molar-refractivity contribution in [3.05, 3.63) is 58.2 Å². The second kappa shape index (κ2) is 6.78. The van der Waals surface area contributed by atoms with Crippen LogP contribution >= 0.6 is 23.2 Å². The van der Waals surface area contributed by atoms with E-state index < -0.39 is 0 Å². The van der Waals surface area contributed by atoms with Gasteiger partial charge in [0.05, 0.1) is 10.0 Å². The highest BCUT2D eigenvalue weighted by molar-refractivity contribution is 6.35. The zero-order chi connectivity index (χ0) is 13.7. The number of hydrogen-bond donors (Lipinski definition) is 1. The third-order valence-electron chi connectivity index (χ3n) is 2.90. The van der Waals surface area contributed by atoms with Crippen molar-refractivity contribution in [3.63, 3.8) is 0 Å². The van der Waals surface area contributed by atoms with Gasteiger partial charge < -0.3 is 5.32 Å². The van der Waals surface area contributed by atoms with Crippen LogP contribution in [0.15, 0.2) is 42.6 Å². The van der Waals surface area contributed by atoms with Crippen LogP contribution in [0.25, 0.3) is 0 Å². The first-order chi connectivity index (χ1) is 9.15. The van der Waals surface area contributed by atoms with Gasteiger partial charge in [0.1, 0.15) is 5.82 Å². The molecule has 0 saturated carbocycles. The largest absolute Gasteiger partial charge is 0.366 e. The summed E-state index contributed by atoms with van der Waals surface area (Å²) in [7, 11) is 0. The SMILES string of the molecule is CC(CCc1ccccc1)Nc1ncc(Cl)cc1Cl. The first-order valence-corrected chi connectivity index (χ1v) is 7.02. The number of aryl methyl sites for hydroxylation is 1. The highest BCUT2D eigenvalue weighted by Gasteiger charge is 2.07. The number of aromatic nitrogens is 1. The molecule has 0 radical (unpaired) electrons. The Morgan fingerprint density at radius 2 is 1.95 bits per heavy atom. The maximum absolute atomic E-state index is 6.08. The van der Waals surface area contributed by atoms with Crippen LogP contribution in [0.2, 0.25) is 10.0 Å². The molecular formula is C15H16Cl2N2. The van der Waals surface area contributed by atoms with Crippen LogP contribution in [-0.2, 0) is 6.42 Å². The Kier molecular flexibility index (Phi) is 5.06. The molecule has 0 aliphatic carbocycles. The van der Waals surface area contributed by atoms with Crippen molar-refractivity contribution >= 4 is 29.0 Å². The van der Waals surface area contributed by atoms with E-state index in [0.717, 1.165) is 12.8 Å². The maximum Gasteiger partial charge on any atom is 0.145 e. The van der Waals surface area contributed by atoms with Crippen molar-refractivity contribution in [3.8, 4) is 0 Å². The number of rotatable bonds is 5. The molecule has 0 saturated heterocycles. The Hall–Kier alpha value is -1.25. The fourth-order valence-corrected chi connectivity index (χ4v) is 2.29. The zero-order valence-corrected chi connectivity index (χ0v) is 12.2. The van der Waals surface area contributed by atoms with E-state index in [4.69, 9.17) is 23.2 Å². The van der Waals surface area contributed by atoms with E-state index in [0.29, 0.717) is 21.9 Å². The first kappa shape index (κ1) is 14.2. The average Bonchev–Trinajstić information content (AvgIpc) is 2.41. The molecule has 2 nitrogen and oxygen atoms in total. The van der Waals surface area contributed by atoms with Crippen LogP contribution in [0.5, 0.6) is 0 Å². The third kappa shape index (κ3) is 4.41. The molecule has 0 amide bonds. The van der Waals surface area contributed by atoms with Crippen molar-refractivity contribution in [2.75, 3.05) is 5.32 Å². The minimum atomic E-state index is 0.298. The summed E-state index contributed by atoms with van der Waals surface area (Å²) in [4.78, 5) is 4.20. The minimum Gasteiger partial charge on any atom is -0.366 e. The molecule has 1 aromatic carbocycles. The third-order valence-corrected chi connectivity index (χ3v) is 3.39. The van der Waals surface area contributed by atoms with Gasteiger partial charge in [0.15, 0.2) is 0 Å². The number of halogens is 2. The smallest absolute Gasteiger partial charge is 0.145 e.